The molecule has 2 heterocycles. The largest absolute Gasteiger partial charge is 0.496 e. The van der Waals surface area contributed by atoms with Crippen LogP contribution in [-0.2, 0) is 14.7 Å². The molecule has 1 aliphatic heterocycles. The molecule has 0 N–H and O–H groups in total. The molecule has 0 spiro atoms. The van der Waals surface area contributed by atoms with Crippen molar-refractivity contribution in [2.45, 2.75) is 58.2 Å². The number of hydrogen-bond donors (Lipinski definition) is 0. The molecule has 0 radical (unpaired) electrons. The van der Waals surface area contributed by atoms with Gasteiger partial charge in [-0.2, -0.15) is 0 Å². The van der Waals surface area contributed by atoms with E-state index in [0.717, 1.165) is 22.5 Å². The third-order valence-electron chi connectivity index (χ3n) is 11.3. The van der Waals surface area contributed by atoms with E-state index < -0.39 is 18.3 Å². The van der Waals surface area contributed by atoms with Gasteiger partial charge in [0.05, 0.1) is 11.2 Å². The molecule has 2 aliphatic rings. The van der Waals surface area contributed by atoms with Crippen molar-refractivity contribution in [2.75, 3.05) is 4.90 Å². The maximum Gasteiger partial charge on any atom is 0.496 e. The summed E-state index contributed by atoms with van der Waals surface area (Å²) in [5, 5.41) is 2.46. The molecule has 0 amide bonds. The minimum atomic E-state index is -0.408. The Hall–Kier alpha value is -4.68. The van der Waals surface area contributed by atoms with Crippen LogP contribution in [-0.4, -0.2) is 18.3 Å². The molecule has 0 saturated carbocycles. The number of fused-ring (bicyclic) bond motifs is 6. The summed E-state index contributed by atoms with van der Waals surface area (Å²) in [6.45, 7) is 13.2. The van der Waals surface area contributed by atoms with Crippen molar-refractivity contribution >= 4 is 61.2 Å². The number of thiophene rings is 1. The molecule has 5 heteroatoms. The average Bonchev–Trinajstić information content (AvgIpc) is 3.68. The van der Waals surface area contributed by atoms with Crippen molar-refractivity contribution in [3.05, 3.63) is 145 Å². The third-order valence-corrected chi connectivity index (χ3v) is 12.6. The fourth-order valence-corrected chi connectivity index (χ4v) is 9.02. The average molecular weight is 670 g/mol. The number of hydrogen-bond acceptors (Lipinski definition) is 4. The molecule has 0 unspecified atom stereocenters. The van der Waals surface area contributed by atoms with Gasteiger partial charge in [-0.25, -0.2) is 0 Å². The first kappa shape index (κ1) is 31.3. The van der Waals surface area contributed by atoms with Crippen LogP contribution in [0.4, 0.5) is 17.1 Å². The van der Waals surface area contributed by atoms with Crippen LogP contribution in [0.2, 0.25) is 0 Å². The fourth-order valence-electron chi connectivity index (χ4n) is 7.82. The second-order valence-corrected chi connectivity index (χ2v) is 16.3. The van der Waals surface area contributed by atoms with Crippen LogP contribution in [0.15, 0.2) is 133 Å². The Bertz CT molecular complexity index is 2410. The highest BCUT2D eigenvalue weighted by Gasteiger charge is 2.52. The molecular weight excluding hydrogens is 629 g/mol. The molecule has 6 aromatic carbocycles. The van der Waals surface area contributed by atoms with Crippen molar-refractivity contribution in [2.24, 2.45) is 0 Å². The fraction of sp³-hybridized carbons (Fsp3) is 0.200. The number of benzene rings is 6. The first-order chi connectivity index (χ1) is 24.0. The van der Waals surface area contributed by atoms with Gasteiger partial charge in [-0.3, -0.25) is 0 Å². The van der Waals surface area contributed by atoms with Crippen LogP contribution in [0.1, 0.15) is 52.7 Å². The zero-order valence-electron chi connectivity index (χ0n) is 29.5. The zero-order valence-corrected chi connectivity index (χ0v) is 30.3. The number of anilines is 3. The van der Waals surface area contributed by atoms with E-state index >= 15 is 0 Å². The van der Waals surface area contributed by atoms with Gasteiger partial charge in [-0.05, 0) is 104 Å². The lowest BCUT2D eigenvalue weighted by molar-refractivity contribution is 0.00578. The minimum absolute atomic E-state index is 0.0950. The molecule has 50 heavy (non-hydrogen) atoms. The van der Waals surface area contributed by atoms with Gasteiger partial charge < -0.3 is 14.2 Å². The Morgan fingerprint density at radius 2 is 1.14 bits per heavy atom. The summed E-state index contributed by atoms with van der Waals surface area (Å²) in [6.07, 6.45) is 0. The Morgan fingerprint density at radius 3 is 1.90 bits per heavy atom. The van der Waals surface area contributed by atoms with E-state index in [9.17, 15) is 0 Å². The third kappa shape index (κ3) is 4.79. The molecule has 0 atom stereocenters. The summed E-state index contributed by atoms with van der Waals surface area (Å²) in [6, 6.07) is 48.9. The van der Waals surface area contributed by atoms with Crippen LogP contribution in [0.25, 0.3) is 42.4 Å². The standard InChI is InChI=1S/C45H40BNO2S/c1-43(2)38-17-11-10-15-34(38)35-25-23-33(28-39(35)43)47(31-21-19-30(20-22-31)29-13-8-7-9-14-29)32-24-26-41-37(27-32)36-16-12-18-40(42(36)50-41)46-48-44(3,4)45(5,6)49-46/h7-28H,1-6H3. The second-order valence-electron chi connectivity index (χ2n) is 15.2. The van der Waals surface area contributed by atoms with Crippen LogP contribution in [0, 0.1) is 0 Å². The monoisotopic (exact) mass is 669 g/mol. The van der Waals surface area contributed by atoms with Gasteiger partial charge in [0.15, 0.2) is 0 Å². The van der Waals surface area contributed by atoms with Crippen molar-refractivity contribution in [3.63, 3.8) is 0 Å². The highest BCUT2D eigenvalue weighted by atomic mass is 32.1. The second kappa shape index (κ2) is 11.2. The van der Waals surface area contributed by atoms with Gasteiger partial charge in [0.25, 0.3) is 0 Å². The molecule has 1 aromatic heterocycles. The summed E-state index contributed by atoms with van der Waals surface area (Å²) in [5.41, 5.74) is 11.4. The van der Waals surface area contributed by atoms with Crippen molar-refractivity contribution in [1.29, 1.82) is 0 Å². The maximum absolute atomic E-state index is 6.53. The van der Waals surface area contributed by atoms with Gasteiger partial charge >= 0.3 is 7.12 Å². The number of nitrogens with zero attached hydrogens (tertiary/aromatic N) is 1. The topological polar surface area (TPSA) is 21.7 Å². The normalized spacial score (nSPS) is 16.9. The zero-order chi connectivity index (χ0) is 34.4. The molecule has 246 valence electrons. The maximum atomic E-state index is 6.53. The lowest BCUT2D eigenvalue weighted by Gasteiger charge is -2.32. The van der Waals surface area contributed by atoms with Crippen LogP contribution in [0.5, 0.6) is 0 Å². The van der Waals surface area contributed by atoms with Crippen molar-refractivity contribution < 1.29 is 9.31 Å². The quantitative estimate of drug-likeness (QED) is 0.170. The smallest absolute Gasteiger partial charge is 0.399 e. The summed E-state index contributed by atoms with van der Waals surface area (Å²) in [5.74, 6) is 0. The van der Waals surface area contributed by atoms with Crippen LogP contribution < -0.4 is 10.4 Å². The van der Waals surface area contributed by atoms with E-state index in [1.54, 1.807) is 0 Å². The SMILES string of the molecule is CC1(C)c2ccccc2-c2ccc(N(c3ccc(-c4ccccc4)cc3)c3ccc4sc5c(B6OC(C)(C)C(C)(C)O6)cccc5c4c3)cc21. The molecule has 3 nitrogen and oxygen atoms in total. The molecular formula is C45H40BNO2S. The van der Waals surface area contributed by atoms with E-state index in [1.807, 2.05) is 11.3 Å². The lowest BCUT2D eigenvalue weighted by atomic mass is 9.78. The molecule has 7 aromatic rings. The van der Waals surface area contributed by atoms with Gasteiger partial charge in [0.1, 0.15) is 0 Å². The summed E-state index contributed by atoms with van der Waals surface area (Å²) >= 11 is 1.82. The van der Waals surface area contributed by atoms with E-state index in [0.29, 0.717) is 0 Å². The van der Waals surface area contributed by atoms with Crippen LogP contribution in [0.3, 0.4) is 0 Å². The predicted octanol–water partition coefficient (Wildman–Crippen LogP) is 11.8. The van der Waals surface area contributed by atoms with Crippen molar-refractivity contribution in [3.8, 4) is 22.3 Å². The van der Waals surface area contributed by atoms with E-state index in [4.69, 9.17) is 9.31 Å². The Morgan fingerprint density at radius 1 is 0.520 bits per heavy atom. The number of rotatable bonds is 5. The Balaban J connectivity index is 1.19. The first-order valence-corrected chi connectivity index (χ1v) is 18.3. The first-order valence-electron chi connectivity index (χ1n) is 17.5. The van der Waals surface area contributed by atoms with E-state index in [-0.39, 0.29) is 5.41 Å². The molecule has 9 rings (SSSR count). The summed E-state index contributed by atoms with van der Waals surface area (Å²) < 4.78 is 15.5. The van der Waals surface area contributed by atoms with E-state index in [2.05, 4.69) is 180 Å². The lowest BCUT2D eigenvalue weighted by Crippen LogP contribution is -2.41. The predicted molar refractivity (Wildman–Crippen MR) is 213 cm³/mol. The van der Waals surface area contributed by atoms with Gasteiger partial charge in [-0.1, -0.05) is 105 Å². The molecule has 0 bridgehead atoms. The summed E-state index contributed by atoms with van der Waals surface area (Å²) in [4.78, 5) is 2.41. The molecule has 1 fully saturated rings. The Labute approximate surface area is 299 Å². The summed E-state index contributed by atoms with van der Waals surface area (Å²) in [7, 11) is -0.408. The van der Waals surface area contributed by atoms with Gasteiger partial charge in [0, 0.05) is 48.1 Å². The Kier molecular flexibility index (Phi) is 6.99. The van der Waals surface area contributed by atoms with Crippen LogP contribution >= 0.6 is 11.3 Å². The van der Waals surface area contributed by atoms with E-state index in [1.165, 1.54) is 53.6 Å². The van der Waals surface area contributed by atoms with Crippen molar-refractivity contribution in [1.82, 2.24) is 0 Å². The molecule has 1 saturated heterocycles. The van der Waals surface area contributed by atoms with Gasteiger partial charge in [0.2, 0.25) is 0 Å². The molecule has 1 aliphatic carbocycles. The highest BCUT2D eigenvalue weighted by molar-refractivity contribution is 7.27. The van der Waals surface area contributed by atoms with Gasteiger partial charge in [-0.15, -0.1) is 11.3 Å². The highest BCUT2D eigenvalue weighted by Crippen LogP contribution is 2.51. The minimum Gasteiger partial charge on any atom is -0.399 e.